The van der Waals surface area contributed by atoms with Crippen LogP contribution in [0, 0.1) is 11.8 Å². The number of nitrogens with one attached hydrogen (secondary N) is 2. The number of likely N-dealkylation sites (tertiary alicyclic amines) is 2. The fourth-order valence-electron chi connectivity index (χ4n) is 10.2. The third-order valence-corrected chi connectivity index (χ3v) is 14.3. The summed E-state index contributed by atoms with van der Waals surface area (Å²) < 4.78 is 11.6. The molecule has 0 spiro atoms. The molecule has 0 saturated carbocycles. The van der Waals surface area contributed by atoms with E-state index < -0.39 is 12.1 Å². The summed E-state index contributed by atoms with van der Waals surface area (Å²) in [5, 5.41) is 6.14. The van der Waals surface area contributed by atoms with Crippen LogP contribution in [0.2, 0.25) is 0 Å². The van der Waals surface area contributed by atoms with Crippen LogP contribution in [-0.2, 0) is 28.7 Å². The smallest absolute Gasteiger partial charge is 0.243 e. The number of carbonyl (C=O) groups is 4. The lowest BCUT2D eigenvalue weighted by atomic mass is 9.99. The molecule has 12 nitrogen and oxygen atoms in total. The normalized spacial score (nSPS) is 17.7. The largest absolute Gasteiger partial charge is 0.377 e. The zero-order valence-electron chi connectivity index (χ0n) is 44.2. The molecular formula is C54H104N6O6. The number of rotatable bonds is 41. The third-order valence-electron chi connectivity index (χ3n) is 14.3. The van der Waals surface area contributed by atoms with Crippen molar-refractivity contribution in [3.63, 3.8) is 0 Å². The fraction of sp³-hybridized carbons (Fsp3) is 0.926. The molecule has 0 aromatic heterocycles. The molecule has 2 heterocycles. The Bertz CT molecular complexity index is 1180. The first-order chi connectivity index (χ1) is 31.9. The molecule has 2 N–H and O–H groups in total. The summed E-state index contributed by atoms with van der Waals surface area (Å²) in [6, 6.07) is -0.135. The molecule has 0 aromatic rings. The Kier molecular flexibility index (Phi) is 34.1. The number of ether oxygens (including phenoxy) is 2. The second-order valence-corrected chi connectivity index (χ2v) is 20.6. The summed E-state index contributed by atoms with van der Waals surface area (Å²) in [7, 11) is 4.33. The van der Waals surface area contributed by atoms with Gasteiger partial charge in [0.25, 0.3) is 0 Å². The lowest BCUT2D eigenvalue weighted by Crippen LogP contribution is -2.53. The number of carbonyl (C=O) groups excluding carboxylic acids is 4. The molecule has 2 saturated heterocycles. The van der Waals surface area contributed by atoms with Gasteiger partial charge < -0.3 is 39.7 Å². The van der Waals surface area contributed by atoms with Crippen molar-refractivity contribution in [2.45, 2.75) is 233 Å². The topological polar surface area (TPSA) is 124 Å². The number of nitrogens with zero attached hydrogens (tertiary/aromatic N) is 4. The highest BCUT2D eigenvalue weighted by molar-refractivity contribution is 5.88. The number of hydrogen-bond donors (Lipinski definition) is 2. The van der Waals surface area contributed by atoms with Gasteiger partial charge in [-0.1, -0.05) is 144 Å². The van der Waals surface area contributed by atoms with Crippen LogP contribution >= 0.6 is 0 Å². The van der Waals surface area contributed by atoms with E-state index in [-0.39, 0.29) is 35.5 Å². The van der Waals surface area contributed by atoms with Crippen LogP contribution < -0.4 is 10.6 Å². The molecule has 2 aliphatic rings. The standard InChI is InChI=1S/C54H104N6O6/c1-9-11-13-15-17-19-21-23-25-31-49(61)59(39-33-47-29-27-37-57(47)7)51(45(3)4)53(63)55-35-41-65-43-44-66-42-36-56-54(64)52(46(5)6)60(40-34-48-30-28-38-58(48)8)50(62)32-26-24-22-20-18-16-14-12-10-2/h45-48,51-52H,9-44H2,1-8H3,(H,55,63)(H,56,64). The van der Waals surface area contributed by atoms with Gasteiger partial charge in [-0.2, -0.15) is 0 Å². The van der Waals surface area contributed by atoms with Crippen molar-refractivity contribution >= 4 is 23.6 Å². The van der Waals surface area contributed by atoms with Crippen LogP contribution in [0.3, 0.4) is 0 Å². The van der Waals surface area contributed by atoms with Crippen LogP contribution in [-0.4, -0.2) is 147 Å². The van der Waals surface area contributed by atoms with Gasteiger partial charge in [0, 0.05) is 51.1 Å². The first kappa shape index (κ1) is 59.8. The molecule has 2 fully saturated rings. The predicted molar refractivity (Wildman–Crippen MR) is 273 cm³/mol. The van der Waals surface area contributed by atoms with Crippen molar-refractivity contribution in [2.75, 3.05) is 79.8 Å². The minimum atomic E-state index is -0.518. The van der Waals surface area contributed by atoms with Crippen molar-refractivity contribution in [2.24, 2.45) is 11.8 Å². The van der Waals surface area contributed by atoms with E-state index in [9.17, 15) is 19.2 Å². The van der Waals surface area contributed by atoms with Gasteiger partial charge in [0.05, 0.1) is 26.4 Å². The zero-order chi connectivity index (χ0) is 48.4. The fourth-order valence-corrected chi connectivity index (χ4v) is 10.2. The van der Waals surface area contributed by atoms with Gasteiger partial charge in [0.2, 0.25) is 23.6 Å². The van der Waals surface area contributed by atoms with E-state index in [1.165, 1.54) is 103 Å². The SMILES string of the molecule is CCCCCCCCCCCC(=O)N(CCC1CCCN1C)C(C(=O)NCCOCCOCCNC(=O)C(C(C)C)N(CCC1CCCN1C)C(=O)CCCCCCCCCCC)C(C)C. The second-order valence-electron chi connectivity index (χ2n) is 20.6. The van der Waals surface area contributed by atoms with E-state index in [2.05, 4.69) is 48.4 Å². The molecule has 4 unspecified atom stereocenters. The molecular weight excluding hydrogens is 829 g/mol. The van der Waals surface area contributed by atoms with Gasteiger partial charge >= 0.3 is 0 Å². The minimum absolute atomic E-state index is 0.0176. The Morgan fingerprint density at radius 3 is 1.15 bits per heavy atom. The zero-order valence-corrected chi connectivity index (χ0v) is 44.2. The van der Waals surface area contributed by atoms with E-state index in [1.807, 2.05) is 37.5 Å². The van der Waals surface area contributed by atoms with Gasteiger partial charge in [-0.15, -0.1) is 0 Å². The van der Waals surface area contributed by atoms with Crippen molar-refractivity contribution in [3.05, 3.63) is 0 Å². The van der Waals surface area contributed by atoms with Crippen molar-refractivity contribution < 1.29 is 28.7 Å². The molecule has 2 rings (SSSR count). The van der Waals surface area contributed by atoms with Crippen LogP contribution in [0.25, 0.3) is 0 Å². The highest BCUT2D eigenvalue weighted by atomic mass is 16.5. The molecule has 0 aromatic carbocycles. The average molecular weight is 933 g/mol. The lowest BCUT2D eigenvalue weighted by molar-refractivity contribution is -0.142. The maximum atomic E-state index is 13.8. The second kappa shape index (κ2) is 37.6. The minimum Gasteiger partial charge on any atom is -0.377 e. The molecule has 386 valence electrons. The van der Waals surface area contributed by atoms with Gasteiger partial charge in [0.15, 0.2) is 0 Å². The summed E-state index contributed by atoms with van der Waals surface area (Å²) >= 11 is 0. The van der Waals surface area contributed by atoms with Gasteiger partial charge in [-0.05, 0) is 90.4 Å². The van der Waals surface area contributed by atoms with Crippen LogP contribution in [0.5, 0.6) is 0 Å². The van der Waals surface area contributed by atoms with Gasteiger partial charge in [0.1, 0.15) is 12.1 Å². The first-order valence-corrected chi connectivity index (χ1v) is 27.6. The molecule has 12 heteroatoms. The van der Waals surface area contributed by atoms with Gasteiger partial charge in [-0.3, -0.25) is 19.2 Å². The molecule has 4 amide bonds. The molecule has 0 radical (unpaired) electrons. The van der Waals surface area contributed by atoms with Gasteiger partial charge in [-0.25, -0.2) is 0 Å². The quantitative estimate of drug-likeness (QED) is 0.0582. The lowest BCUT2D eigenvalue weighted by Gasteiger charge is -2.35. The van der Waals surface area contributed by atoms with Crippen LogP contribution in [0.1, 0.15) is 208 Å². The van der Waals surface area contributed by atoms with Crippen molar-refractivity contribution in [1.82, 2.24) is 30.2 Å². The summed E-state index contributed by atoms with van der Waals surface area (Å²) in [5.74, 6) is -0.0732. The summed E-state index contributed by atoms with van der Waals surface area (Å²) in [5.41, 5.74) is 0. The van der Waals surface area contributed by atoms with E-state index in [0.29, 0.717) is 77.5 Å². The molecule has 0 aliphatic carbocycles. The third kappa shape index (κ3) is 25.4. The Balaban J connectivity index is 1.79. The summed E-state index contributed by atoms with van der Waals surface area (Å²) in [6.45, 7) is 18.1. The average Bonchev–Trinajstić information content (AvgIpc) is 3.90. The molecule has 2 aliphatic heterocycles. The maximum absolute atomic E-state index is 13.8. The molecule has 4 atom stereocenters. The van der Waals surface area contributed by atoms with Crippen LogP contribution in [0.4, 0.5) is 0 Å². The Hall–Kier alpha value is -2.28. The van der Waals surface area contributed by atoms with E-state index in [4.69, 9.17) is 9.47 Å². The Morgan fingerprint density at radius 1 is 0.515 bits per heavy atom. The molecule has 0 bridgehead atoms. The summed E-state index contributed by atoms with van der Waals surface area (Å²) in [4.78, 5) is 63.6. The van der Waals surface area contributed by atoms with Crippen molar-refractivity contribution in [3.8, 4) is 0 Å². The first-order valence-electron chi connectivity index (χ1n) is 27.6. The van der Waals surface area contributed by atoms with Crippen molar-refractivity contribution in [1.29, 1.82) is 0 Å². The number of hydrogen-bond acceptors (Lipinski definition) is 8. The number of unbranched alkanes of at least 4 members (excludes halogenated alkanes) is 16. The monoisotopic (exact) mass is 933 g/mol. The van der Waals surface area contributed by atoms with E-state index in [0.717, 1.165) is 64.5 Å². The van der Waals surface area contributed by atoms with E-state index in [1.54, 1.807) is 0 Å². The molecule has 66 heavy (non-hydrogen) atoms. The highest BCUT2D eigenvalue weighted by Crippen LogP contribution is 2.24. The highest BCUT2D eigenvalue weighted by Gasteiger charge is 2.35. The van der Waals surface area contributed by atoms with E-state index >= 15 is 0 Å². The number of amides is 4. The predicted octanol–water partition coefficient (Wildman–Crippen LogP) is 9.77. The summed E-state index contributed by atoms with van der Waals surface area (Å²) in [6.07, 6.45) is 29.1. The Morgan fingerprint density at radius 2 is 0.848 bits per heavy atom. The maximum Gasteiger partial charge on any atom is 0.243 e. The Labute approximate surface area is 405 Å². The van der Waals surface area contributed by atoms with Crippen LogP contribution in [0.15, 0.2) is 0 Å².